The summed E-state index contributed by atoms with van der Waals surface area (Å²) in [7, 11) is 0. The van der Waals surface area contributed by atoms with Crippen molar-refractivity contribution >= 4 is 11.7 Å². The molecule has 6 nitrogen and oxygen atoms in total. The summed E-state index contributed by atoms with van der Waals surface area (Å²) in [6.07, 6.45) is 1.17. The molecule has 6 heteroatoms. The summed E-state index contributed by atoms with van der Waals surface area (Å²) in [6.45, 7) is 15.0. The van der Waals surface area contributed by atoms with Gasteiger partial charge in [-0.1, -0.05) is 6.92 Å². The van der Waals surface area contributed by atoms with Gasteiger partial charge < -0.3 is 10.2 Å². The van der Waals surface area contributed by atoms with Crippen LogP contribution in [0.5, 0.6) is 0 Å². The van der Waals surface area contributed by atoms with E-state index in [1.54, 1.807) is 0 Å². The fraction of sp³-hybridized carbons (Fsp3) is 0.750. The van der Waals surface area contributed by atoms with Gasteiger partial charge in [-0.15, -0.1) is 0 Å². The summed E-state index contributed by atoms with van der Waals surface area (Å²) in [6, 6.07) is 0.285. The number of aryl methyl sites for hydroxylation is 1. The molecule has 0 spiro atoms. The van der Waals surface area contributed by atoms with Gasteiger partial charge in [0.05, 0.1) is 17.1 Å². The number of urea groups is 1. The summed E-state index contributed by atoms with van der Waals surface area (Å²) in [4.78, 5) is 16.8. The van der Waals surface area contributed by atoms with Crippen molar-refractivity contribution in [3.8, 4) is 0 Å². The van der Waals surface area contributed by atoms with Crippen LogP contribution in [0.25, 0.3) is 0 Å². The Morgan fingerprint density at radius 3 is 2.36 bits per heavy atom. The van der Waals surface area contributed by atoms with Crippen molar-refractivity contribution in [1.82, 2.24) is 19.6 Å². The van der Waals surface area contributed by atoms with Crippen LogP contribution in [0, 0.1) is 13.8 Å². The quantitative estimate of drug-likeness (QED) is 0.930. The summed E-state index contributed by atoms with van der Waals surface area (Å²) >= 11 is 0. The van der Waals surface area contributed by atoms with Crippen molar-refractivity contribution in [3.05, 3.63) is 11.4 Å². The molecule has 1 aliphatic rings. The van der Waals surface area contributed by atoms with Crippen molar-refractivity contribution < 1.29 is 4.79 Å². The van der Waals surface area contributed by atoms with Crippen molar-refractivity contribution in [2.75, 3.05) is 38.0 Å². The van der Waals surface area contributed by atoms with Crippen molar-refractivity contribution in [3.63, 3.8) is 0 Å². The zero-order valence-electron chi connectivity index (χ0n) is 14.5. The van der Waals surface area contributed by atoms with E-state index in [4.69, 9.17) is 0 Å². The van der Waals surface area contributed by atoms with Crippen LogP contribution >= 0.6 is 0 Å². The predicted octanol–water partition coefficient (Wildman–Crippen LogP) is 2.64. The van der Waals surface area contributed by atoms with Gasteiger partial charge in [-0.05, 0) is 40.7 Å². The zero-order valence-corrected chi connectivity index (χ0v) is 14.5. The Labute approximate surface area is 133 Å². The molecular weight excluding hydrogens is 278 g/mol. The first-order chi connectivity index (χ1) is 10.4. The molecule has 0 radical (unpaired) electrons. The highest BCUT2D eigenvalue weighted by molar-refractivity contribution is 5.90. The van der Waals surface area contributed by atoms with E-state index >= 15 is 0 Å². The molecular formula is C16H29N5O. The standard InChI is InChI=1S/C16H29N5O/c1-6-7-19-8-10-20(11-9-19)16(22)17-15-13(4)18-21(12(2)3)14(15)5/h12H,6-11H2,1-5H3,(H,17,22). The SMILES string of the molecule is CCCN1CCN(C(=O)Nc2c(C)nn(C(C)C)c2C)CC1. The van der Waals surface area contributed by atoms with Crippen LogP contribution in [0.15, 0.2) is 0 Å². The van der Waals surface area contributed by atoms with E-state index in [-0.39, 0.29) is 6.03 Å². The van der Waals surface area contributed by atoms with Crippen LogP contribution in [0.3, 0.4) is 0 Å². The summed E-state index contributed by atoms with van der Waals surface area (Å²) < 4.78 is 1.96. The maximum atomic E-state index is 12.5. The molecule has 124 valence electrons. The lowest BCUT2D eigenvalue weighted by Crippen LogP contribution is -2.50. The molecule has 1 fully saturated rings. The van der Waals surface area contributed by atoms with Gasteiger partial charge in [0.2, 0.25) is 0 Å². The number of piperazine rings is 1. The lowest BCUT2D eigenvalue weighted by atomic mass is 10.3. The van der Waals surface area contributed by atoms with Gasteiger partial charge in [-0.2, -0.15) is 5.10 Å². The van der Waals surface area contributed by atoms with Crippen LogP contribution in [-0.2, 0) is 0 Å². The van der Waals surface area contributed by atoms with E-state index in [0.29, 0.717) is 6.04 Å². The molecule has 2 heterocycles. The second-order valence-electron chi connectivity index (χ2n) is 6.34. The molecule has 0 atom stereocenters. The molecule has 0 unspecified atom stereocenters. The minimum atomic E-state index is -0.00865. The average molecular weight is 307 g/mol. The first-order valence-corrected chi connectivity index (χ1v) is 8.28. The van der Waals surface area contributed by atoms with E-state index < -0.39 is 0 Å². The van der Waals surface area contributed by atoms with Crippen molar-refractivity contribution in [2.45, 2.75) is 47.1 Å². The van der Waals surface area contributed by atoms with Gasteiger partial charge in [-0.3, -0.25) is 9.58 Å². The molecule has 2 rings (SSSR count). The molecule has 1 aromatic rings. The number of carbonyl (C=O) groups is 1. The third-order valence-electron chi connectivity index (χ3n) is 4.25. The minimum absolute atomic E-state index is 0.00865. The average Bonchev–Trinajstić information content (AvgIpc) is 2.76. The number of nitrogens with zero attached hydrogens (tertiary/aromatic N) is 4. The molecule has 1 N–H and O–H groups in total. The van der Waals surface area contributed by atoms with E-state index in [1.165, 1.54) is 6.42 Å². The Kier molecular flexibility index (Phi) is 5.45. The van der Waals surface area contributed by atoms with Gasteiger partial charge in [0, 0.05) is 32.2 Å². The lowest BCUT2D eigenvalue weighted by Gasteiger charge is -2.34. The molecule has 1 saturated heterocycles. The van der Waals surface area contributed by atoms with Crippen LogP contribution in [0.2, 0.25) is 0 Å². The van der Waals surface area contributed by atoms with Crippen LogP contribution in [0.4, 0.5) is 10.5 Å². The summed E-state index contributed by atoms with van der Waals surface area (Å²) in [5, 5.41) is 7.57. The number of aromatic nitrogens is 2. The second kappa shape index (κ2) is 7.13. The van der Waals surface area contributed by atoms with Gasteiger partial charge in [0.15, 0.2) is 0 Å². The molecule has 0 aromatic carbocycles. The molecule has 0 aliphatic carbocycles. The number of hydrogen-bond donors (Lipinski definition) is 1. The smallest absolute Gasteiger partial charge is 0.322 e. The van der Waals surface area contributed by atoms with E-state index in [1.807, 2.05) is 23.4 Å². The highest BCUT2D eigenvalue weighted by Gasteiger charge is 2.23. The Bertz CT molecular complexity index is 515. The van der Waals surface area contributed by atoms with Gasteiger partial charge in [0.1, 0.15) is 0 Å². The van der Waals surface area contributed by atoms with E-state index in [9.17, 15) is 4.79 Å². The Morgan fingerprint density at radius 1 is 1.23 bits per heavy atom. The maximum absolute atomic E-state index is 12.5. The van der Waals surface area contributed by atoms with Crippen LogP contribution < -0.4 is 5.32 Å². The highest BCUT2D eigenvalue weighted by atomic mass is 16.2. The number of amides is 2. The lowest BCUT2D eigenvalue weighted by molar-refractivity contribution is 0.147. The van der Waals surface area contributed by atoms with Crippen LogP contribution in [0.1, 0.15) is 44.6 Å². The number of anilines is 1. The topological polar surface area (TPSA) is 53.4 Å². The van der Waals surface area contributed by atoms with E-state index in [2.05, 4.69) is 36.1 Å². The molecule has 1 aliphatic heterocycles. The molecule has 2 amide bonds. The zero-order chi connectivity index (χ0) is 16.3. The summed E-state index contributed by atoms with van der Waals surface area (Å²) in [5.74, 6) is 0. The Morgan fingerprint density at radius 2 is 1.86 bits per heavy atom. The third-order valence-corrected chi connectivity index (χ3v) is 4.25. The highest BCUT2D eigenvalue weighted by Crippen LogP contribution is 2.22. The predicted molar refractivity (Wildman–Crippen MR) is 89.4 cm³/mol. The molecule has 0 bridgehead atoms. The normalized spacial score (nSPS) is 16.4. The molecule has 22 heavy (non-hydrogen) atoms. The Hall–Kier alpha value is -1.56. The number of nitrogens with one attached hydrogen (secondary N) is 1. The minimum Gasteiger partial charge on any atom is -0.322 e. The van der Waals surface area contributed by atoms with Crippen LogP contribution in [-0.4, -0.2) is 58.3 Å². The fourth-order valence-corrected chi connectivity index (χ4v) is 3.02. The molecule has 0 saturated carbocycles. The van der Waals surface area contributed by atoms with Gasteiger partial charge >= 0.3 is 6.03 Å². The van der Waals surface area contributed by atoms with Gasteiger partial charge in [-0.25, -0.2) is 4.79 Å². The van der Waals surface area contributed by atoms with Crippen molar-refractivity contribution in [2.24, 2.45) is 0 Å². The third kappa shape index (κ3) is 3.61. The van der Waals surface area contributed by atoms with Crippen molar-refractivity contribution in [1.29, 1.82) is 0 Å². The first-order valence-electron chi connectivity index (χ1n) is 8.28. The number of rotatable bonds is 4. The largest absolute Gasteiger partial charge is 0.322 e. The van der Waals surface area contributed by atoms with Gasteiger partial charge in [0.25, 0.3) is 0 Å². The van der Waals surface area contributed by atoms with E-state index in [0.717, 1.165) is 49.8 Å². The monoisotopic (exact) mass is 307 g/mol. The fourth-order valence-electron chi connectivity index (χ4n) is 3.02. The Balaban J connectivity index is 1.98. The maximum Gasteiger partial charge on any atom is 0.322 e. The first kappa shape index (κ1) is 16.8. The second-order valence-corrected chi connectivity index (χ2v) is 6.34. The number of hydrogen-bond acceptors (Lipinski definition) is 3. The molecule has 1 aromatic heterocycles. The number of carbonyl (C=O) groups excluding carboxylic acids is 1. The summed E-state index contributed by atoms with van der Waals surface area (Å²) in [5.41, 5.74) is 2.75.